The standard InChI is InChI=1S/C20H18N2O5S/c21-28(24,25)18-10-8-17(9-11-18)26-13-14-27-20(23)12-7-16-6-5-15-3-1-2-4-19(15)22-16/h1-12H,13-14H2,(H2,21,24,25)/b12-7+. The summed E-state index contributed by atoms with van der Waals surface area (Å²) in [5.41, 5.74) is 1.50. The highest BCUT2D eigenvalue weighted by atomic mass is 32.2. The van der Waals surface area contributed by atoms with Crippen LogP contribution in [0.2, 0.25) is 0 Å². The van der Waals surface area contributed by atoms with Gasteiger partial charge >= 0.3 is 5.97 Å². The molecule has 1 heterocycles. The Bertz CT molecular complexity index is 1110. The number of carbonyl (C=O) groups is 1. The van der Waals surface area contributed by atoms with E-state index in [1.807, 2.05) is 36.4 Å². The number of carbonyl (C=O) groups excluding carboxylic acids is 1. The second-order valence-corrected chi connectivity index (χ2v) is 7.36. The molecule has 28 heavy (non-hydrogen) atoms. The van der Waals surface area contributed by atoms with Gasteiger partial charge < -0.3 is 9.47 Å². The summed E-state index contributed by atoms with van der Waals surface area (Å²) >= 11 is 0. The number of pyridine rings is 1. The van der Waals surface area contributed by atoms with Gasteiger partial charge in [0.1, 0.15) is 19.0 Å². The molecular weight excluding hydrogens is 380 g/mol. The summed E-state index contributed by atoms with van der Waals surface area (Å²) < 4.78 is 32.8. The van der Waals surface area contributed by atoms with Crippen LogP contribution in [0.5, 0.6) is 5.75 Å². The van der Waals surface area contributed by atoms with Gasteiger partial charge in [0, 0.05) is 11.5 Å². The third kappa shape index (κ3) is 5.38. The van der Waals surface area contributed by atoms with Crippen LogP contribution in [-0.2, 0) is 19.6 Å². The van der Waals surface area contributed by atoms with Crippen LogP contribution < -0.4 is 9.88 Å². The first-order valence-electron chi connectivity index (χ1n) is 8.38. The number of benzene rings is 2. The second-order valence-electron chi connectivity index (χ2n) is 5.79. The average molecular weight is 398 g/mol. The van der Waals surface area contributed by atoms with E-state index in [-0.39, 0.29) is 18.1 Å². The van der Waals surface area contributed by atoms with Gasteiger partial charge in [-0.15, -0.1) is 0 Å². The highest BCUT2D eigenvalue weighted by molar-refractivity contribution is 7.89. The van der Waals surface area contributed by atoms with Crippen molar-refractivity contribution in [2.45, 2.75) is 4.90 Å². The number of esters is 1. The first-order valence-corrected chi connectivity index (χ1v) is 9.93. The van der Waals surface area contributed by atoms with Crippen LogP contribution in [0, 0.1) is 0 Å². The normalized spacial score (nSPS) is 11.6. The number of ether oxygens (including phenoxy) is 2. The molecule has 7 nitrogen and oxygen atoms in total. The maximum absolute atomic E-state index is 11.8. The first kappa shape index (κ1) is 19.5. The molecule has 2 N–H and O–H groups in total. The Morgan fingerprint density at radius 3 is 2.50 bits per heavy atom. The molecule has 1 aromatic heterocycles. The summed E-state index contributed by atoms with van der Waals surface area (Å²) in [4.78, 5) is 16.2. The molecule has 8 heteroatoms. The molecule has 0 unspecified atom stereocenters. The van der Waals surface area contributed by atoms with E-state index in [0.29, 0.717) is 11.4 Å². The monoisotopic (exact) mass is 398 g/mol. The number of hydrogen-bond acceptors (Lipinski definition) is 6. The number of nitrogens with zero attached hydrogens (tertiary/aromatic N) is 1. The van der Waals surface area contributed by atoms with E-state index in [4.69, 9.17) is 14.6 Å². The van der Waals surface area contributed by atoms with Gasteiger partial charge in [-0.3, -0.25) is 0 Å². The SMILES string of the molecule is NS(=O)(=O)c1ccc(OCCOC(=O)/C=C/c2ccc3ccccc3n2)cc1. The Morgan fingerprint density at radius 2 is 1.75 bits per heavy atom. The van der Waals surface area contributed by atoms with Crippen molar-refractivity contribution in [1.82, 2.24) is 4.98 Å². The molecule has 0 aliphatic carbocycles. The Morgan fingerprint density at radius 1 is 1.00 bits per heavy atom. The predicted octanol–water partition coefficient (Wildman–Crippen LogP) is 2.52. The molecule has 144 valence electrons. The molecule has 2 aromatic carbocycles. The fourth-order valence-electron chi connectivity index (χ4n) is 2.40. The summed E-state index contributed by atoms with van der Waals surface area (Å²) in [5.74, 6) is -0.0671. The third-order valence-corrected chi connectivity index (χ3v) is 4.69. The quantitative estimate of drug-likeness (QED) is 0.372. The Kier molecular flexibility index (Phi) is 6.03. The van der Waals surface area contributed by atoms with Gasteiger partial charge in [0.2, 0.25) is 10.0 Å². The molecule has 0 aliphatic rings. The summed E-state index contributed by atoms with van der Waals surface area (Å²) in [6.45, 7) is 0.174. The van der Waals surface area contributed by atoms with Gasteiger partial charge in [-0.25, -0.2) is 23.3 Å². The van der Waals surface area contributed by atoms with Crippen LogP contribution in [0.25, 0.3) is 17.0 Å². The number of fused-ring (bicyclic) bond motifs is 1. The van der Waals surface area contributed by atoms with Crippen LogP contribution in [0.1, 0.15) is 5.69 Å². The lowest BCUT2D eigenvalue weighted by molar-refractivity contribution is -0.138. The second kappa shape index (κ2) is 8.64. The molecular formula is C20H18N2O5S. The lowest BCUT2D eigenvalue weighted by atomic mass is 10.2. The topological polar surface area (TPSA) is 109 Å². The van der Waals surface area contributed by atoms with Gasteiger partial charge in [0.05, 0.1) is 16.1 Å². The first-order chi connectivity index (χ1) is 13.4. The van der Waals surface area contributed by atoms with Gasteiger partial charge in [0.25, 0.3) is 0 Å². The highest BCUT2D eigenvalue weighted by Gasteiger charge is 2.07. The highest BCUT2D eigenvalue weighted by Crippen LogP contribution is 2.15. The van der Waals surface area contributed by atoms with E-state index in [0.717, 1.165) is 10.9 Å². The lowest BCUT2D eigenvalue weighted by Gasteiger charge is -2.07. The van der Waals surface area contributed by atoms with Gasteiger partial charge in [-0.2, -0.15) is 0 Å². The van der Waals surface area contributed by atoms with Crippen LogP contribution in [0.3, 0.4) is 0 Å². The summed E-state index contributed by atoms with van der Waals surface area (Å²) in [6, 6.07) is 17.1. The number of hydrogen-bond donors (Lipinski definition) is 1. The molecule has 0 aliphatic heterocycles. The Hall–Kier alpha value is -3.23. The molecule has 0 amide bonds. The minimum absolute atomic E-state index is 0.00119. The molecule has 0 spiro atoms. The Labute approximate surface area is 162 Å². The van der Waals surface area contributed by atoms with E-state index >= 15 is 0 Å². The van der Waals surface area contributed by atoms with E-state index in [2.05, 4.69) is 4.98 Å². The zero-order valence-electron chi connectivity index (χ0n) is 14.8. The van der Waals surface area contributed by atoms with Crippen molar-refractivity contribution in [1.29, 1.82) is 0 Å². The van der Waals surface area contributed by atoms with Crippen molar-refractivity contribution in [2.24, 2.45) is 5.14 Å². The van der Waals surface area contributed by atoms with E-state index in [9.17, 15) is 13.2 Å². The van der Waals surface area contributed by atoms with Crippen molar-refractivity contribution in [3.05, 3.63) is 72.4 Å². The largest absolute Gasteiger partial charge is 0.490 e. The zero-order chi connectivity index (χ0) is 20.0. The lowest BCUT2D eigenvalue weighted by Crippen LogP contribution is -2.12. The number of rotatable bonds is 7. The van der Waals surface area contributed by atoms with Crippen LogP contribution in [-0.4, -0.2) is 32.6 Å². The van der Waals surface area contributed by atoms with E-state index in [1.54, 1.807) is 6.08 Å². The maximum Gasteiger partial charge on any atom is 0.330 e. The minimum Gasteiger partial charge on any atom is -0.490 e. The summed E-state index contributed by atoms with van der Waals surface area (Å²) in [6.07, 6.45) is 2.89. The minimum atomic E-state index is -3.74. The van der Waals surface area contributed by atoms with E-state index < -0.39 is 16.0 Å². The predicted molar refractivity (Wildman–Crippen MR) is 105 cm³/mol. The number of primary sulfonamides is 1. The van der Waals surface area contributed by atoms with Crippen molar-refractivity contribution in [3.63, 3.8) is 0 Å². The number of sulfonamides is 1. The molecule has 0 bridgehead atoms. The fourth-order valence-corrected chi connectivity index (χ4v) is 2.92. The molecule has 0 saturated heterocycles. The van der Waals surface area contributed by atoms with Gasteiger partial charge in [0.15, 0.2) is 0 Å². The third-order valence-electron chi connectivity index (χ3n) is 3.76. The number of nitrogens with two attached hydrogens (primary N) is 1. The molecule has 0 radical (unpaired) electrons. The summed E-state index contributed by atoms with van der Waals surface area (Å²) in [5, 5.41) is 6.05. The van der Waals surface area contributed by atoms with Crippen LogP contribution >= 0.6 is 0 Å². The Balaban J connectivity index is 1.45. The molecule has 0 atom stereocenters. The molecule has 0 fully saturated rings. The van der Waals surface area contributed by atoms with Gasteiger partial charge in [-0.1, -0.05) is 24.3 Å². The number of para-hydroxylation sites is 1. The molecule has 0 saturated carbocycles. The van der Waals surface area contributed by atoms with Crippen molar-refractivity contribution in [3.8, 4) is 5.75 Å². The van der Waals surface area contributed by atoms with E-state index in [1.165, 1.54) is 30.3 Å². The number of aromatic nitrogens is 1. The average Bonchev–Trinajstić information content (AvgIpc) is 2.69. The van der Waals surface area contributed by atoms with Crippen molar-refractivity contribution in [2.75, 3.05) is 13.2 Å². The molecule has 3 aromatic rings. The van der Waals surface area contributed by atoms with Crippen LogP contribution in [0.15, 0.2) is 71.6 Å². The fraction of sp³-hybridized carbons (Fsp3) is 0.100. The van der Waals surface area contributed by atoms with Crippen molar-refractivity contribution < 1.29 is 22.7 Å². The van der Waals surface area contributed by atoms with Crippen molar-refractivity contribution >= 4 is 33.0 Å². The maximum atomic E-state index is 11.8. The van der Waals surface area contributed by atoms with Crippen LogP contribution in [0.4, 0.5) is 0 Å². The summed E-state index contributed by atoms with van der Waals surface area (Å²) in [7, 11) is -3.74. The van der Waals surface area contributed by atoms with Gasteiger partial charge in [-0.05, 0) is 42.5 Å². The zero-order valence-corrected chi connectivity index (χ0v) is 15.6. The molecule has 3 rings (SSSR count). The smallest absolute Gasteiger partial charge is 0.330 e.